The van der Waals surface area contributed by atoms with Crippen molar-refractivity contribution in [1.82, 2.24) is 5.32 Å². The zero-order chi connectivity index (χ0) is 6.41. The second-order valence-electron chi connectivity index (χ2n) is 1.33. The van der Waals surface area contributed by atoms with E-state index < -0.39 is 0 Å². The molecule has 0 atom stereocenters. The monoisotopic (exact) mass is 111 g/mol. The summed E-state index contributed by atoms with van der Waals surface area (Å²) in [6, 6.07) is 0. The van der Waals surface area contributed by atoms with E-state index in [4.69, 9.17) is 6.42 Å². The van der Waals surface area contributed by atoms with Gasteiger partial charge in [0.2, 0.25) is 5.91 Å². The van der Waals surface area contributed by atoms with Crippen LogP contribution in [0.5, 0.6) is 0 Å². The minimum Gasteiger partial charge on any atom is -0.345 e. The molecule has 0 fully saturated rings. The maximum absolute atomic E-state index is 10.4. The summed E-state index contributed by atoms with van der Waals surface area (Å²) in [6.07, 6.45) is 5.37. The van der Waals surface area contributed by atoms with E-state index in [1.54, 1.807) is 6.92 Å². The van der Waals surface area contributed by atoms with E-state index >= 15 is 0 Å². The summed E-state index contributed by atoms with van der Waals surface area (Å²) in [7, 11) is 0. The summed E-state index contributed by atoms with van der Waals surface area (Å²) in [5, 5.41) is 2.51. The highest BCUT2D eigenvalue weighted by atomic mass is 16.1. The first-order valence-electron chi connectivity index (χ1n) is 2.51. The molecule has 1 amide bonds. The third kappa shape index (κ3) is 3.23. The lowest BCUT2D eigenvalue weighted by atomic mass is 10.4. The lowest BCUT2D eigenvalue weighted by Crippen LogP contribution is -2.21. The molecule has 44 valence electrons. The Morgan fingerprint density at radius 3 is 2.88 bits per heavy atom. The molecule has 2 nitrogen and oxygen atoms in total. The normalized spacial score (nSPS) is 7.50. The fourth-order valence-electron chi connectivity index (χ4n) is 0.275. The molecule has 0 aromatic carbocycles. The van der Waals surface area contributed by atoms with Crippen LogP contribution in [0.2, 0.25) is 0 Å². The largest absolute Gasteiger partial charge is 0.345 e. The zero-order valence-electron chi connectivity index (χ0n) is 4.90. The first kappa shape index (κ1) is 7.03. The minimum absolute atomic E-state index is 0.00273. The Hall–Kier alpha value is -0.970. The number of carbonyl (C=O) groups is 1. The molecule has 0 bridgehead atoms. The van der Waals surface area contributed by atoms with Gasteiger partial charge in [0.25, 0.3) is 0 Å². The second-order valence-corrected chi connectivity index (χ2v) is 1.33. The van der Waals surface area contributed by atoms with E-state index in [1.807, 2.05) is 0 Å². The summed E-state index contributed by atoms with van der Waals surface area (Å²) >= 11 is 0. The van der Waals surface area contributed by atoms with E-state index in [1.165, 1.54) is 0 Å². The predicted octanol–water partition coefficient (Wildman–Crippen LogP) is 0.146. The highest BCUT2D eigenvalue weighted by molar-refractivity contribution is 5.75. The van der Waals surface area contributed by atoms with Crippen LogP contribution in [0.25, 0.3) is 0 Å². The van der Waals surface area contributed by atoms with Crippen molar-refractivity contribution in [2.45, 2.75) is 13.3 Å². The molecule has 0 aliphatic heterocycles. The van der Waals surface area contributed by atoms with Crippen LogP contribution in [0.3, 0.4) is 0 Å². The average molecular weight is 111 g/mol. The van der Waals surface area contributed by atoms with Crippen LogP contribution in [0.15, 0.2) is 0 Å². The number of hydrogen-bond donors (Lipinski definition) is 1. The van der Waals surface area contributed by atoms with E-state index in [2.05, 4.69) is 11.2 Å². The van der Waals surface area contributed by atoms with Gasteiger partial charge in [0, 0.05) is 6.42 Å². The molecule has 0 aliphatic carbocycles. The van der Waals surface area contributed by atoms with Crippen molar-refractivity contribution in [2.75, 3.05) is 6.54 Å². The van der Waals surface area contributed by atoms with Gasteiger partial charge >= 0.3 is 0 Å². The first-order valence-corrected chi connectivity index (χ1v) is 2.51. The minimum atomic E-state index is 0.00273. The van der Waals surface area contributed by atoms with Crippen molar-refractivity contribution in [2.24, 2.45) is 0 Å². The Labute approximate surface area is 49.3 Å². The van der Waals surface area contributed by atoms with Crippen LogP contribution in [0.1, 0.15) is 13.3 Å². The van der Waals surface area contributed by atoms with Crippen LogP contribution >= 0.6 is 0 Å². The number of carbonyl (C=O) groups excluding carboxylic acids is 1. The van der Waals surface area contributed by atoms with Crippen molar-refractivity contribution in [1.29, 1.82) is 0 Å². The molecule has 0 unspecified atom stereocenters. The Bertz CT molecular complexity index is 112. The summed E-state index contributed by atoms with van der Waals surface area (Å²) in [5.41, 5.74) is 0. The van der Waals surface area contributed by atoms with Gasteiger partial charge in [-0.15, -0.1) is 6.42 Å². The molecule has 0 heterocycles. The van der Waals surface area contributed by atoms with Gasteiger partial charge in [-0.25, -0.2) is 0 Å². The Morgan fingerprint density at radius 1 is 1.88 bits per heavy atom. The van der Waals surface area contributed by atoms with Gasteiger partial charge in [-0.3, -0.25) is 4.79 Å². The molecule has 0 rings (SSSR count). The molecule has 0 spiro atoms. The highest BCUT2D eigenvalue weighted by Gasteiger charge is 1.89. The number of hydrogen-bond acceptors (Lipinski definition) is 1. The maximum atomic E-state index is 10.4. The van der Waals surface area contributed by atoms with Crippen LogP contribution in [0, 0.1) is 12.3 Å². The molecule has 2 heteroatoms. The third-order valence-corrected chi connectivity index (χ3v) is 0.709. The lowest BCUT2D eigenvalue weighted by Gasteiger charge is -1.93. The quantitative estimate of drug-likeness (QED) is 0.505. The van der Waals surface area contributed by atoms with Crippen molar-refractivity contribution >= 4 is 5.91 Å². The van der Waals surface area contributed by atoms with Crippen LogP contribution in [-0.4, -0.2) is 12.5 Å². The van der Waals surface area contributed by atoms with E-state index in [9.17, 15) is 4.79 Å². The molecule has 1 N–H and O–H groups in total. The average Bonchev–Trinajstić information content (AvgIpc) is 1.83. The molecular formula is C6H9NO. The van der Waals surface area contributed by atoms with E-state index in [0.29, 0.717) is 13.0 Å². The highest BCUT2D eigenvalue weighted by Crippen LogP contribution is 1.71. The Morgan fingerprint density at radius 2 is 2.50 bits per heavy atom. The standard InChI is InChI=1S/C6H9NO/c1-3-5-7-6(8)4-2/h1H,4-5H2,2H3,(H,7,8). The molecule has 0 aromatic heterocycles. The van der Waals surface area contributed by atoms with Crippen molar-refractivity contribution in [3.05, 3.63) is 0 Å². The molecule has 0 radical (unpaired) electrons. The maximum Gasteiger partial charge on any atom is 0.220 e. The number of terminal acetylenes is 1. The van der Waals surface area contributed by atoms with Gasteiger partial charge in [-0.2, -0.15) is 0 Å². The van der Waals surface area contributed by atoms with Crippen molar-refractivity contribution in [3.8, 4) is 12.3 Å². The first-order chi connectivity index (χ1) is 3.81. The van der Waals surface area contributed by atoms with Gasteiger partial charge in [0.15, 0.2) is 0 Å². The molecule has 0 aromatic rings. The third-order valence-electron chi connectivity index (χ3n) is 0.709. The van der Waals surface area contributed by atoms with Crippen LogP contribution < -0.4 is 5.32 Å². The van der Waals surface area contributed by atoms with Crippen molar-refractivity contribution < 1.29 is 4.79 Å². The fourth-order valence-corrected chi connectivity index (χ4v) is 0.275. The summed E-state index contributed by atoms with van der Waals surface area (Å²) in [5.74, 6) is 2.30. The molecule has 0 aliphatic rings. The smallest absolute Gasteiger partial charge is 0.220 e. The summed E-state index contributed by atoms with van der Waals surface area (Å²) in [6.45, 7) is 2.12. The fraction of sp³-hybridized carbons (Fsp3) is 0.500. The van der Waals surface area contributed by atoms with Gasteiger partial charge in [0.1, 0.15) is 0 Å². The van der Waals surface area contributed by atoms with E-state index in [0.717, 1.165) is 0 Å². The Kier molecular flexibility index (Phi) is 3.69. The van der Waals surface area contributed by atoms with Crippen LogP contribution in [0.4, 0.5) is 0 Å². The molecule has 8 heavy (non-hydrogen) atoms. The van der Waals surface area contributed by atoms with Gasteiger partial charge < -0.3 is 5.32 Å². The molecular weight excluding hydrogens is 102 g/mol. The number of amides is 1. The van der Waals surface area contributed by atoms with E-state index in [-0.39, 0.29) is 5.91 Å². The molecule has 0 saturated heterocycles. The SMILES string of the molecule is C#CCNC(=O)CC. The van der Waals surface area contributed by atoms with Gasteiger partial charge in [-0.05, 0) is 0 Å². The van der Waals surface area contributed by atoms with Gasteiger partial charge in [-0.1, -0.05) is 12.8 Å². The van der Waals surface area contributed by atoms with Gasteiger partial charge in [0.05, 0.1) is 6.54 Å². The topological polar surface area (TPSA) is 29.1 Å². The summed E-state index contributed by atoms with van der Waals surface area (Å²) in [4.78, 5) is 10.4. The molecule has 0 saturated carbocycles. The predicted molar refractivity (Wildman–Crippen MR) is 32.1 cm³/mol. The van der Waals surface area contributed by atoms with Crippen LogP contribution in [-0.2, 0) is 4.79 Å². The summed E-state index contributed by atoms with van der Waals surface area (Å²) < 4.78 is 0. The Balaban J connectivity index is 3.15. The van der Waals surface area contributed by atoms with Crippen molar-refractivity contribution in [3.63, 3.8) is 0 Å². The number of nitrogens with one attached hydrogen (secondary N) is 1. The zero-order valence-corrected chi connectivity index (χ0v) is 4.90. The lowest BCUT2D eigenvalue weighted by molar-refractivity contribution is -0.120. The second kappa shape index (κ2) is 4.20. The number of rotatable bonds is 2.